The predicted molar refractivity (Wildman–Crippen MR) is 87.5 cm³/mol. The molecule has 0 aromatic rings. The molecule has 0 bridgehead atoms. The first kappa shape index (κ1) is 14.9. The van der Waals surface area contributed by atoms with Crippen molar-refractivity contribution in [3.05, 3.63) is 11.6 Å². The fourth-order valence-corrected chi connectivity index (χ4v) is 6.61. The molecule has 0 N–H and O–H groups in total. The van der Waals surface area contributed by atoms with Crippen molar-refractivity contribution in [3.63, 3.8) is 0 Å². The van der Waals surface area contributed by atoms with Crippen LogP contribution in [0.15, 0.2) is 11.6 Å². The highest BCUT2D eigenvalue weighted by molar-refractivity contribution is 5.82. The zero-order chi connectivity index (χ0) is 15.5. The number of rotatable bonds is 1. The molecular weight excluding hydrogens is 272 g/mol. The normalized spacial score (nSPS) is 50.9. The first-order chi connectivity index (χ1) is 10.5. The topological polar surface area (TPSA) is 26.3 Å². The summed E-state index contributed by atoms with van der Waals surface area (Å²) >= 11 is 0. The van der Waals surface area contributed by atoms with Crippen molar-refractivity contribution >= 4 is 5.78 Å². The number of allylic oxidation sites excluding steroid dienone is 1. The van der Waals surface area contributed by atoms with E-state index in [0.29, 0.717) is 28.6 Å². The third-order valence-electron chi connectivity index (χ3n) is 7.96. The number of methoxy groups -OCH3 is 1. The molecule has 2 heteroatoms. The van der Waals surface area contributed by atoms with Gasteiger partial charge < -0.3 is 4.74 Å². The summed E-state index contributed by atoms with van der Waals surface area (Å²) < 4.78 is 5.64. The Kier molecular flexibility index (Phi) is 3.35. The van der Waals surface area contributed by atoms with E-state index in [-0.39, 0.29) is 0 Å². The summed E-state index contributed by atoms with van der Waals surface area (Å²) in [6.07, 6.45) is 12.1. The van der Waals surface area contributed by atoms with Crippen molar-refractivity contribution in [2.45, 2.75) is 71.3 Å². The molecule has 1 unspecified atom stereocenters. The number of fused-ring (bicyclic) bond motifs is 5. The van der Waals surface area contributed by atoms with E-state index in [0.717, 1.165) is 31.1 Å². The first-order valence-electron chi connectivity index (χ1n) is 9.20. The Hall–Kier alpha value is -0.630. The summed E-state index contributed by atoms with van der Waals surface area (Å²) in [7, 11) is 1.86. The van der Waals surface area contributed by atoms with Gasteiger partial charge >= 0.3 is 0 Å². The van der Waals surface area contributed by atoms with Gasteiger partial charge in [-0.15, -0.1) is 0 Å². The summed E-state index contributed by atoms with van der Waals surface area (Å²) in [6.45, 7) is 4.91. The van der Waals surface area contributed by atoms with Gasteiger partial charge in [-0.2, -0.15) is 0 Å². The molecule has 4 aliphatic carbocycles. The molecule has 4 rings (SSSR count). The molecule has 0 aromatic carbocycles. The van der Waals surface area contributed by atoms with E-state index < -0.39 is 0 Å². The van der Waals surface area contributed by atoms with Gasteiger partial charge in [0.25, 0.3) is 0 Å². The fraction of sp³-hybridized carbons (Fsp3) is 0.850. The number of hydrogen-bond acceptors (Lipinski definition) is 2. The lowest BCUT2D eigenvalue weighted by molar-refractivity contribution is -0.118. The highest BCUT2D eigenvalue weighted by atomic mass is 16.5. The smallest absolute Gasteiger partial charge is 0.133 e. The van der Waals surface area contributed by atoms with Gasteiger partial charge in [-0.3, -0.25) is 4.79 Å². The second-order valence-electron chi connectivity index (χ2n) is 8.97. The van der Waals surface area contributed by atoms with Crippen molar-refractivity contribution in [2.75, 3.05) is 7.11 Å². The van der Waals surface area contributed by atoms with Gasteiger partial charge in [0, 0.05) is 20.0 Å². The fourth-order valence-electron chi connectivity index (χ4n) is 6.61. The molecule has 122 valence electrons. The van der Waals surface area contributed by atoms with Gasteiger partial charge in [0.2, 0.25) is 0 Å². The van der Waals surface area contributed by atoms with Gasteiger partial charge in [-0.05, 0) is 67.1 Å². The Labute approximate surface area is 134 Å². The van der Waals surface area contributed by atoms with Crippen LogP contribution >= 0.6 is 0 Å². The number of ketones is 1. The van der Waals surface area contributed by atoms with Crippen LogP contribution in [0.25, 0.3) is 0 Å². The van der Waals surface area contributed by atoms with Gasteiger partial charge in [-0.25, -0.2) is 0 Å². The highest BCUT2D eigenvalue weighted by Gasteiger charge is 2.57. The number of carbonyl (C=O) groups is 1. The van der Waals surface area contributed by atoms with Gasteiger partial charge in [-0.1, -0.05) is 25.5 Å². The zero-order valence-electron chi connectivity index (χ0n) is 14.4. The quantitative estimate of drug-likeness (QED) is 0.665. The van der Waals surface area contributed by atoms with Crippen LogP contribution in [-0.2, 0) is 9.53 Å². The van der Waals surface area contributed by atoms with Crippen LogP contribution in [0.2, 0.25) is 0 Å². The van der Waals surface area contributed by atoms with E-state index in [1.807, 2.05) is 7.11 Å². The molecule has 3 saturated carbocycles. The Morgan fingerprint density at radius 3 is 2.73 bits per heavy atom. The van der Waals surface area contributed by atoms with Crippen molar-refractivity contribution in [1.29, 1.82) is 0 Å². The van der Waals surface area contributed by atoms with Crippen LogP contribution in [0.4, 0.5) is 0 Å². The van der Waals surface area contributed by atoms with E-state index in [4.69, 9.17) is 4.74 Å². The van der Waals surface area contributed by atoms with Gasteiger partial charge in [0.1, 0.15) is 5.78 Å². The van der Waals surface area contributed by atoms with Crippen LogP contribution in [0.5, 0.6) is 0 Å². The molecule has 0 aromatic heterocycles. The molecule has 4 aliphatic rings. The molecule has 2 nitrogen and oxygen atoms in total. The van der Waals surface area contributed by atoms with E-state index >= 15 is 0 Å². The van der Waals surface area contributed by atoms with Crippen LogP contribution in [0.3, 0.4) is 0 Å². The summed E-state index contributed by atoms with van der Waals surface area (Å²) in [5, 5.41) is 0. The largest absolute Gasteiger partial charge is 0.381 e. The maximum Gasteiger partial charge on any atom is 0.133 e. The summed E-state index contributed by atoms with van der Waals surface area (Å²) in [5.41, 5.74) is 2.36. The molecule has 0 saturated heterocycles. The number of hydrogen-bond donors (Lipinski definition) is 0. The van der Waals surface area contributed by atoms with Gasteiger partial charge in [0.15, 0.2) is 0 Å². The summed E-state index contributed by atoms with van der Waals surface area (Å²) in [4.78, 5) is 12.1. The number of ether oxygens (including phenoxy) is 1. The van der Waals surface area contributed by atoms with E-state index in [2.05, 4.69) is 19.9 Å². The first-order valence-corrected chi connectivity index (χ1v) is 9.20. The van der Waals surface area contributed by atoms with Crippen LogP contribution in [-0.4, -0.2) is 19.0 Å². The van der Waals surface area contributed by atoms with E-state index in [1.165, 1.54) is 32.1 Å². The zero-order valence-corrected chi connectivity index (χ0v) is 14.4. The number of Topliss-reactive ketones (excluding diaryl/α,β-unsaturated/α-hetero) is 1. The second-order valence-corrected chi connectivity index (χ2v) is 8.97. The maximum atomic E-state index is 12.1. The highest BCUT2D eigenvalue weighted by Crippen LogP contribution is 2.64. The molecule has 0 aliphatic heterocycles. The molecule has 0 spiro atoms. The van der Waals surface area contributed by atoms with Gasteiger partial charge in [0.05, 0.1) is 6.10 Å². The molecule has 0 amide bonds. The third kappa shape index (κ3) is 1.99. The summed E-state index contributed by atoms with van der Waals surface area (Å²) in [6, 6.07) is 0. The Morgan fingerprint density at radius 2 is 1.95 bits per heavy atom. The lowest BCUT2D eigenvalue weighted by Gasteiger charge is -2.57. The average molecular weight is 302 g/mol. The lowest BCUT2D eigenvalue weighted by Crippen LogP contribution is -2.49. The van der Waals surface area contributed by atoms with Crippen molar-refractivity contribution in [1.82, 2.24) is 0 Å². The predicted octanol–water partition coefficient (Wildman–Crippen LogP) is 4.53. The third-order valence-corrected chi connectivity index (χ3v) is 7.96. The summed E-state index contributed by atoms with van der Waals surface area (Å²) in [5.74, 6) is 2.72. The number of carbonyl (C=O) groups excluding carboxylic acids is 1. The maximum absolute atomic E-state index is 12.1. The Morgan fingerprint density at radius 1 is 1.14 bits per heavy atom. The van der Waals surface area contributed by atoms with E-state index in [1.54, 1.807) is 5.57 Å². The Bertz CT molecular complexity index is 522. The molecule has 0 radical (unpaired) electrons. The minimum absolute atomic E-state index is 0.309. The SMILES string of the molecule is COC1CC[C@@]2(C)C(=CC[C@H]3[C@@H]4CC(=O)C[C@@]4(C)CC[C@@H]32)C1. The van der Waals surface area contributed by atoms with Crippen LogP contribution in [0, 0.1) is 28.6 Å². The minimum Gasteiger partial charge on any atom is -0.381 e. The molecule has 6 atom stereocenters. The van der Waals surface area contributed by atoms with E-state index in [9.17, 15) is 4.79 Å². The van der Waals surface area contributed by atoms with Crippen LogP contribution < -0.4 is 0 Å². The molecule has 0 heterocycles. The lowest BCUT2D eigenvalue weighted by atomic mass is 9.48. The van der Waals surface area contributed by atoms with Crippen molar-refractivity contribution in [2.24, 2.45) is 28.6 Å². The molecule has 22 heavy (non-hydrogen) atoms. The van der Waals surface area contributed by atoms with Crippen molar-refractivity contribution in [3.8, 4) is 0 Å². The molecule has 3 fully saturated rings. The average Bonchev–Trinajstić information content (AvgIpc) is 2.80. The monoisotopic (exact) mass is 302 g/mol. The van der Waals surface area contributed by atoms with Crippen molar-refractivity contribution < 1.29 is 9.53 Å². The minimum atomic E-state index is 0.309. The standard InChI is InChI=1S/C20H30O2/c1-19-8-7-17-16(18(19)11-14(21)12-19)5-4-13-10-15(22-3)6-9-20(13,17)2/h4,15-18H,5-12H2,1-3H3/t15?,16-,17+,18+,19-,20+/m1/s1. The second kappa shape index (κ2) is 4.93. The Balaban J connectivity index is 1.65. The van der Waals surface area contributed by atoms with Crippen LogP contribution in [0.1, 0.15) is 65.2 Å². The molecular formula is C20H30O2.